The average Bonchev–Trinajstić information content (AvgIpc) is 3.18. The molecule has 0 radical (unpaired) electrons. The van der Waals surface area contributed by atoms with Crippen molar-refractivity contribution >= 4 is 17.7 Å². The molecular weight excluding hydrogens is 336 g/mol. The average molecular weight is 358 g/mol. The topological polar surface area (TPSA) is 55.6 Å². The summed E-state index contributed by atoms with van der Waals surface area (Å²) in [5.41, 5.74) is 1.99. The number of furan rings is 1. The first-order valence-corrected chi connectivity index (χ1v) is 9.55. The fourth-order valence-corrected chi connectivity index (χ4v) is 5.06. The largest absolute Gasteiger partial charge is 0.456 e. The van der Waals surface area contributed by atoms with Crippen molar-refractivity contribution in [3.8, 4) is 0 Å². The Labute approximate surface area is 151 Å². The van der Waals surface area contributed by atoms with Crippen LogP contribution >= 0.6 is 11.8 Å². The molecule has 6 heteroatoms. The minimum atomic E-state index is -0.00680. The maximum atomic E-state index is 12.4. The summed E-state index contributed by atoms with van der Waals surface area (Å²) in [6, 6.07) is 9.59. The molecule has 2 saturated heterocycles. The van der Waals surface area contributed by atoms with E-state index in [9.17, 15) is 4.79 Å². The van der Waals surface area contributed by atoms with Crippen molar-refractivity contribution < 1.29 is 13.9 Å². The number of ether oxygens (including phenoxy) is 1. The van der Waals surface area contributed by atoms with Crippen LogP contribution in [0.4, 0.5) is 0 Å². The Balaban J connectivity index is 1.28. The van der Waals surface area contributed by atoms with Gasteiger partial charge in [-0.05, 0) is 44.5 Å². The van der Waals surface area contributed by atoms with E-state index in [1.54, 1.807) is 6.07 Å². The fraction of sp³-hybridized carbons (Fsp3) is 0.474. The first-order valence-electron chi connectivity index (χ1n) is 8.57. The third-order valence-corrected chi connectivity index (χ3v) is 6.36. The molecule has 2 aliphatic rings. The molecule has 1 atom stereocenters. The number of hydrogen-bond donors (Lipinski definition) is 0. The first-order chi connectivity index (χ1) is 12.0. The minimum Gasteiger partial charge on any atom is -0.456 e. The van der Waals surface area contributed by atoms with Crippen molar-refractivity contribution in [2.45, 2.75) is 37.7 Å². The van der Waals surface area contributed by atoms with Crippen LogP contribution in [0.25, 0.3) is 0 Å². The van der Waals surface area contributed by atoms with Gasteiger partial charge in [-0.25, -0.2) is 0 Å². The quantitative estimate of drug-likeness (QED) is 0.840. The number of carbonyl (C=O) groups is 1. The molecule has 1 spiro atoms. The number of likely N-dealkylation sites (tertiary alicyclic amines) is 1. The number of nitrogens with zero attached hydrogens (tertiary/aromatic N) is 2. The molecule has 4 heterocycles. The molecule has 2 aliphatic heterocycles. The maximum absolute atomic E-state index is 12.4. The van der Waals surface area contributed by atoms with E-state index in [4.69, 9.17) is 9.15 Å². The Morgan fingerprint density at radius 3 is 2.92 bits per heavy atom. The van der Waals surface area contributed by atoms with E-state index in [1.807, 2.05) is 54.8 Å². The highest BCUT2D eigenvalue weighted by Crippen LogP contribution is 2.46. The number of thioether (sulfide) groups is 1. The molecule has 0 saturated carbocycles. The molecule has 0 aliphatic carbocycles. The zero-order valence-electron chi connectivity index (χ0n) is 14.5. The Hall–Kier alpha value is -1.79. The van der Waals surface area contributed by atoms with Crippen molar-refractivity contribution in [1.29, 1.82) is 0 Å². The van der Waals surface area contributed by atoms with Gasteiger partial charge in [-0.1, -0.05) is 6.07 Å². The zero-order valence-corrected chi connectivity index (χ0v) is 15.3. The molecule has 0 N–H and O–H groups in total. The SMILES string of the molecule is Cc1cccc(CO[C@H]2CSC3(C2)CN(C(=O)c2ccc(C)o2)C3)n1. The summed E-state index contributed by atoms with van der Waals surface area (Å²) in [5.74, 6) is 2.18. The summed E-state index contributed by atoms with van der Waals surface area (Å²) in [4.78, 5) is 18.7. The summed E-state index contributed by atoms with van der Waals surface area (Å²) in [7, 11) is 0. The van der Waals surface area contributed by atoms with Crippen LogP contribution in [-0.4, -0.2) is 45.5 Å². The van der Waals surface area contributed by atoms with E-state index < -0.39 is 0 Å². The van der Waals surface area contributed by atoms with Crippen molar-refractivity contribution in [3.05, 3.63) is 53.2 Å². The van der Waals surface area contributed by atoms with Crippen LogP contribution in [0, 0.1) is 13.8 Å². The van der Waals surface area contributed by atoms with E-state index in [0.29, 0.717) is 12.4 Å². The first kappa shape index (κ1) is 16.7. The third-order valence-electron chi connectivity index (χ3n) is 4.78. The number of pyridine rings is 1. The second-order valence-corrected chi connectivity index (χ2v) is 8.46. The van der Waals surface area contributed by atoms with Gasteiger partial charge >= 0.3 is 0 Å². The van der Waals surface area contributed by atoms with E-state index in [0.717, 1.165) is 42.4 Å². The lowest BCUT2D eigenvalue weighted by molar-refractivity contribution is 0.0233. The van der Waals surface area contributed by atoms with Gasteiger partial charge in [0.25, 0.3) is 5.91 Å². The van der Waals surface area contributed by atoms with Crippen LogP contribution in [-0.2, 0) is 11.3 Å². The second-order valence-electron chi connectivity index (χ2n) is 6.97. The van der Waals surface area contributed by atoms with Crippen LogP contribution in [0.1, 0.15) is 34.1 Å². The molecule has 4 rings (SSSR count). The Morgan fingerprint density at radius 1 is 1.36 bits per heavy atom. The van der Waals surface area contributed by atoms with Gasteiger partial charge in [0.2, 0.25) is 0 Å². The van der Waals surface area contributed by atoms with Gasteiger partial charge in [-0.2, -0.15) is 0 Å². The smallest absolute Gasteiger partial charge is 0.289 e. The molecular formula is C19H22N2O3S. The molecule has 132 valence electrons. The third kappa shape index (κ3) is 3.46. The van der Waals surface area contributed by atoms with E-state index >= 15 is 0 Å². The summed E-state index contributed by atoms with van der Waals surface area (Å²) >= 11 is 1.93. The standard InChI is InChI=1S/C19H22N2O3S/c1-13-4-3-5-15(20-13)9-23-16-8-19(25-10-16)11-21(12-19)18(22)17-7-6-14(2)24-17/h3-7,16H,8-12H2,1-2H3/t16-/m1/s1. The number of aryl methyl sites for hydroxylation is 2. The van der Waals surface area contributed by atoms with Crippen molar-refractivity contribution in [2.24, 2.45) is 0 Å². The van der Waals surface area contributed by atoms with Crippen LogP contribution in [0.2, 0.25) is 0 Å². The number of rotatable bonds is 4. The van der Waals surface area contributed by atoms with Crippen LogP contribution in [0.15, 0.2) is 34.7 Å². The normalized spacial score (nSPS) is 21.5. The Morgan fingerprint density at radius 2 is 2.20 bits per heavy atom. The second kappa shape index (κ2) is 6.50. The molecule has 5 nitrogen and oxygen atoms in total. The summed E-state index contributed by atoms with van der Waals surface area (Å²) < 4.78 is 11.7. The lowest BCUT2D eigenvalue weighted by atomic mass is 9.92. The van der Waals surface area contributed by atoms with E-state index in [2.05, 4.69) is 4.98 Å². The van der Waals surface area contributed by atoms with E-state index in [1.165, 1.54) is 0 Å². The summed E-state index contributed by atoms with van der Waals surface area (Å²) in [6.45, 7) is 5.95. The number of carbonyl (C=O) groups excluding carboxylic acids is 1. The monoisotopic (exact) mass is 358 g/mol. The minimum absolute atomic E-state index is 0.00680. The van der Waals surface area contributed by atoms with Crippen LogP contribution < -0.4 is 0 Å². The maximum Gasteiger partial charge on any atom is 0.289 e. The van der Waals surface area contributed by atoms with Gasteiger partial charge in [-0.15, -0.1) is 11.8 Å². The molecule has 2 aromatic rings. The van der Waals surface area contributed by atoms with Crippen molar-refractivity contribution in [2.75, 3.05) is 18.8 Å². The zero-order chi connectivity index (χ0) is 17.4. The predicted octanol–water partition coefficient (Wildman–Crippen LogP) is 3.21. The van der Waals surface area contributed by atoms with E-state index in [-0.39, 0.29) is 16.8 Å². The van der Waals surface area contributed by atoms with Gasteiger partial charge in [0.1, 0.15) is 5.76 Å². The lowest BCUT2D eigenvalue weighted by Crippen LogP contribution is -2.60. The van der Waals surface area contributed by atoms with Crippen molar-refractivity contribution in [1.82, 2.24) is 9.88 Å². The van der Waals surface area contributed by atoms with Gasteiger partial charge in [0.05, 0.1) is 23.2 Å². The highest BCUT2D eigenvalue weighted by atomic mass is 32.2. The Bertz CT molecular complexity index is 782. The van der Waals surface area contributed by atoms with Gasteiger partial charge in [-0.3, -0.25) is 9.78 Å². The molecule has 25 heavy (non-hydrogen) atoms. The number of aromatic nitrogens is 1. The summed E-state index contributed by atoms with van der Waals surface area (Å²) in [5, 5.41) is 0. The molecule has 0 aromatic carbocycles. The summed E-state index contributed by atoms with van der Waals surface area (Å²) in [6.07, 6.45) is 1.22. The highest BCUT2D eigenvalue weighted by molar-refractivity contribution is 8.01. The predicted molar refractivity (Wildman–Crippen MR) is 96.7 cm³/mol. The molecule has 0 unspecified atom stereocenters. The number of amides is 1. The Kier molecular flexibility index (Phi) is 4.33. The lowest BCUT2D eigenvalue weighted by Gasteiger charge is -2.47. The van der Waals surface area contributed by atoms with Gasteiger partial charge < -0.3 is 14.1 Å². The molecule has 0 bridgehead atoms. The molecule has 1 amide bonds. The van der Waals surface area contributed by atoms with Gasteiger partial charge in [0, 0.05) is 24.5 Å². The molecule has 2 aromatic heterocycles. The van der Waals surface area contributed by atoms with Crippen LogP contribution in [0.5, 0.6) is 0 Å². The fourth-order valence-electron chi connectivity index (χ4n) is 3.51. The molecule has 2 fully saturated rings. The highest BCUT2D eigenvalue weighted by Gasteiger charge is 2.51. The number of hydrogen-bond acceptors (Lipinski definition) is 5. The van der Waals surface area contributed by atoms with Crippen molar-refractivity contribution in [3.63, 3.8) is 0 Å². The van der Waals surface area contributed by atoms with Crippen LogP contribution in [0.3, 0.4) is 0 Å². The van der Waals surface area contributed by atoms with Gasteiger partial charge in [0.15, 0.2) is 5.76 Å².